The Bertz CT molecular complexity index is 488. The quantitative estimate of drug-likeness (QED) is 0.920. The van der Waals surface area contributed by atoms with E-state index in [1.165, 1.54) is 5.56 Å². The van der Waals surface area contributed by atoms with Crippen LogP contribution >= 0.6 is 0 Å². The molecule has 0 aliphatic carbocycles. The van der Waals surface area contributed by atoms with Gasteiger partial charge in [0.25, 0.3) is 0 Å². The van der Waals surface area contributed by atoms with Crippen molar-refractivity contribution in [3.8, 4) is 5.75 Å². The molecule has 2 aliphatic heterocycles. The number of methoxy groups -OCH3 is 1. The second kappa shape index (κ2) is 5.57. The van der Waals surface area contributed by atoms with Gasteiger partial charge in [0.1, 0.15) is 24.2 Å². The predicted molar refractivity (Wildman–Crippen MR) is 78.0 cm³/mol. The van der Waals surface area contributed by atoms with Crippen LogP contribution in [0, 0.1) is 0 Å². The third-order valence-electron chi connectivity index (χ3n) is 3.95. The van der Waals surface area contributed by atoms with E-state index in [0.717, 1.165) is 5.75 Å². The summed E-state index contributed by atoms with van der Waals surface area (Å²) in [6.07, 6.45) is -0.180. The maximum absolute atomic E-state index is 5.95. The average Bonchev–Trinajstić information content (AvgIpc) is 2.92. The Morgan fingerprint density at radius 3 is 2.48 bits per heavy atom. The minimum Gasteiger partial charge on any atom is -0.497 e. The second-order valence-electron chi connectivity index (χ2n) is 6.06. The highest BCUT2D eigenvalue weighted by atomic mass is 16.8. The molecule has 1 aromatic carbocycles. The molecule has 2 saturated heterocycles. The monoisotopic (exact) mass is 293 g/mol. The van der Waals surface area contributed by atoms with Crippen LogP contribution in [0.3, 0.4) is 0 Å². The minimum absolute atomic E-state index is 0.00614. The minimum atomic E-state index is -0.534. The topological polar surface area (TPSA) is 49.0 Å². The standard InChI is InChI=1S/C16H23NO4/c1-10-13-14(21-16(2,3)20-13)15(19-10)17-9-11-5-7-12(18-4)8-6-11/h5-8,10,13-15,17H,9H2,1-4H3/t10-,13-,14-,15?/m1/s1. The van der Waals surface area contributed by atoms with Gasteiger partial charge >= 0.3 is 0 Å². The Hall–Kier alpha value is -1.14. The normalized spacial score (nSPS) is 33.9. The Morgan fingerprint density at radius 2 is 1.81 bits per heavy atom. The SMILES string of the molecule is COc1ccc(CNC2O[C@H](C)[C@H]3OC(C)(C)O[C@@H]23)cc1. The summed E-state index contributed by atoms with van der Waals surface area (Å²) < 4.78 is 22.9. The first-order valence-corrected chi connectivity index (χ1v) is 7.36. The number of hydrogen-bond acceptors (Lipinski definition) is 5. The fourth-order valence-corrected chi connectivity index (χ4v) is 2.93. The zero-order valence-electron chi connectivity index (χ0n) is 13.0. The molecule has 0 spiro atoms. The predicted octanol–water partition coefficient (Wildman–Crippen LogP) is 2.05. The summed E-state index contributed by atoms with van der Waals surface area (Å²) in [5, 5.41) is 3.41. The van der Waals surface area contributed by atoms with E-state index >= 15 is 0 Å². The van der Waals surface area contributed by atoms with E-state index in [0.29, 0.717) is 6.54 Å². The van der Waals surface area contributed by atoms with Crippen molar-refractivity contribution in [1.82, 2.24) is 5.32 Å². The Labute approximate surface area is 125 Å². The fraction of sp³-hybridized carbons (Fsp3) is 0.625. The van der Waals surface area contributed by atoms with E-state index in [2.05, 4.69) is 5.32 Å². The van der Waals surface area contributed by atoms with Crippen molar-refractivity contribution in [2.24, 2.45) is 0 Å². The van der Waals surface area contributed by atoms with Gasteiger partial charge in [-0.15, -0.1) is 0 Å². The third kappa shape index (κ3) is 3.06. The molecule has 5 nitrogen and oxygen atoms in total. The van der Waals surface area contributed by atoms with Gasteiger partial charge in [-0.1, -0.05) is 12.1 Å². The maximum atomic E-state index is 5.95. The summed E-state index contributed by atoms with van der Waals surface area (Å²) in [5.74, 6) is 0.326. The lowest BCUT2D eigenvalue weighted by Gasteiger charge is -2.23. The molecule has 2 heterocycles. The molecular formula is C16H23NO4. The van der Waals surface area contributed by atoms with Crippen LogP contribution in [0.25, 0.3) is 0 Å². The molecule has 0 aromatic heterocycles. The van der Waals surface area contributed by atoms with E-state index < -0.39 is 5.79 Å². The van der Waals surface area contributed by atoms with Gasteiger partial charge in [-0.2, -0.15) is 0 Å². The number of ether oxygens (including phenoxy) is 4. The lowest BCUT2D eigenvalue weighted by molar-refractivity contribution is -0.188. The zero-order valence-corrected chi connectivity index (χ0v) is 13.0. The lowest BCUT2D eigenvalue weighted by atomic mass is 10.1. The summed E-state index contributed by atoms with van der Waals surface area (Å²) in [6, 6.07) is 7.99. The van der Waals surface area contributed by atoms with E-state index in [9.17, 15) is 0 Å². The van der Waals surface area contributed by atoms with Gasteiger partial charge in [0.05, 0.1) is 13.2 Å². The number of hydrogen-bond donors (Lipinski definition) is 1. The summed E-state index contributed by atoms with van der Waals surface area (Å²) in [7, 11) is 1.67. The molecular weight excluding hydrogens is 270 g/mol. The van der Waals surface area contributed by atoms with Gasteiger partial charge in [0, 0.05) is 6.54 Å². The molecule has 1 unspecified atom stereocenters. The number of benzene rings is 1. The van der Waals surface area contributed by atoms with E-state index in [-0.39, 0.29) is 24.5 Å². The van der Waals surface area contributed by atoms with Crippen LogP contribution in [0.4, 0.5) is 0 Å². The largest absolute Gasteiger partial charge is 0.497 e. The molecule has 2 aliphatic rings. The Balaban J connectivity index is 1.60. The van der Waals surface area contributed by atoms with Crippen LogP contribution in [0.15, 0.2) is 24.3 Å². The second-order valence-corrected chi connectivity index (χ2v) is 6.06. The highest BCUT2D eigenvalue weighted by Gasteiger charge is 2.53. The fourth-order valence-electron chi connectivity index (χ4n) is 2.93. The van der Waals surface area contributed by atoms with E-state index in [1.54, 1.807) is 7.11 Å². The average molecular weight is 293 g/mol. The summed E-state index contributed by atoms with van der Waals surface area (Å²) in [4.78, 5) is 0. The highest BCUT2D eigenvalue weighted by molar-refractivity contribution is 5.27. The lowest BCUT2D eigenvalue weighted by Crippen LogP contribution is -2.40. The molecule has 2 fully saturated rings. The molecule has 4 atom stereocenters. The van der Waals surface area contributed by atoms with Crippen molar-refractivity contribution in [2.75, 3.05) is 7.11 Å². The van der Waals surface area contributed by atoms with Crippen molar-refractivity contribution < 1.29 is 18.9 Å². The molecule has 1 N–H and O–H groups in total. The molecule has 0 radical (unpaired) electrons. The molecule has 5 heteroatoms. The Kier molecular flexibility index (Phi) is 3.92. The third-order valence-corrected chi connectivity index (χ3v) is 3.95. The van der Waals surface area contributed by atoms with Crippen molar-refractivity contribution in [3.05, 3.63) is 29.8 Å². The van der Waals surface area contributed by atoms with Gasteiger partial charge in [-0.3, -0.25) is 5.32 Å². The molecule has 0 bridgehead atoms. The van der Waals surface area contributed by atoms with Gasteiger partial charge < -0.3 is 18.9 Å². The highest BCUT2D eigenvalue weighted by Crippen LogP contribution is 2.37. The molecule has 0 amide bonds. The smallest absolute Gasteiger partial charge is 0.164 e. The van der Waals surface area contributed by atoms with Crippen molar-refractivity contribution in [1.29, 1.82) is 0 Å². The molecule has 3 rings (SSSR count). The first-order valence-electron chi connectivity index (χ1n) is 7.36. The van der Waals surface area contributed by atoms with E-state index in [1.807, 2.05) is 45.0 Å². The first-order chi connectivity index (χ1) is 9.98. The van der Waals surface area contributed by atoms with Gasteiger partial charge in [0.15, 0.2) is 5.79 Å². The van der Waals surface area contributed by atoms with Gasteiger partial charge in [-0.05, 0) is 38.5 Å². The van der Waals surface area contributed by atoms with Crippen molar-refractivity contribution in [2.45, 2.75) is 57.6 Å². The summed E-state index contributed by atoms with van der Waals surface area (Å²) in [6.45, 7) is 6.63. The summed E-state index contributed by atoms with van der Waals surface area (Å²) in [5.41, 5.74) is 1.17. The maximum Gasteiger partial charge on any atom is 0.164 e. The Morgan fingerprint density at radius 1 is 1.14 bits per heavy atom. The number of nitrogens with one attached hydrogen (secondary N) is 1. The summed E-state index contributed by atoms with van der Waals surface area (Å²) >= 11 is 0. The number of rotatable bonds is 4. The van der Waals surface area contributed by atoms with Crippen LogP contribution in [-0.2, 0) is 20.8 Å². The van der Waals surface area contributed by atoms with Crippen LogP contribution < -0.4 is 10.1 Å². The van der Waals surface area contributed by atoms with Gasteiger partial charge in [-0.25, -0.2) is 0 Å². The van der Waals surface area contributed by atoms with Gasteiger partial charge in [0.2, 0.25) is 0 Å². The van der Waals surface area contributed by atoms with Crippen LogP contribution in [-0.4, -0.2) is 37.4 Å². The van der Waals surface area contributed by atoms with Crippen molar-refractivity contribution >= 4 is 0 Å². The zero-order chi connectivity index (χ0) is 15.0. The van der Waals surface area contributed by atoms with Crippen LogP contribution in [0.1, 0.15) is 26.3 Å². The van der Waals surface area contributed by atoms with Crippen LogP contribution in [0.5, 0.6) is 5.75 Å². The molecule has 116 valence electrons. The number of fused-ring (bicyclic) bond motifs is 1. The van der Waals surface area contributed by atoms with Crippen molar-refractivity contribution in [3.63, 3.8) is 0 Å². The molecule has 0 saturated carbocycles. The first kappa shape index (κ1) is 14.8. The van der Waals surface area contributed by atoms with Crippen LogP contribution in [0.2, 0.25) is 0 Å². The van der Waals surface area contributed by atoms with E-state index in [4.69, 9.17) is 18.9 Å². The molecule has 1 aromatic rings. The molecule has 21 heavy (non-hydrogen) atoms.